The van der Waals surface area contributed by atoms with Gasteiger partial charge in [0.1, 0.15) is 17.9 Å². The second-order valence-electron chi connectivity index (χ2n) is 8.28. The Bertz CT molecular complexity index is 855. The first-order valence-corrected chi connectivity index (χ1v) is 9.96. The van der Waals surface area contributed by atoms with Gasteiger partial charge in [0, 0.05) is 17.5 Å². The fourth-order valence-corrected chi connectivity index (χ4v) is 5.35. The zero-order valence-electron chi connectivity index (χ0n) is 16.0. The van der Waals surface area contributed by atoms with Crippen molar-refractivity contribution in [3.63, 3.8) is 0 Å². The van der Waals surface area contributed by atoms with Gasteiger partial charge in [-0.15, -0.1) is 0 Å². The fourth-order valence-electron chi connectivity index (χ4n) is 5.12. The molecule has 144 valence electrons. The minimum atomic E-state index is -1.13. The van der Waals surface area contributed by atoms with E-state index in [1.54, 1.807) is 12.1 Å². The van der Waals surface area contributed by atoms with Crippen molar-refractivity contribution in [2.75, 3.05) is 5.32 Å². The molecule has 1 spiro atoms. The molecule has 1 aromatic rings. The SMILES string of the molecule is CC[C@@H](C)N1C(=O)[C@H]2[C@@H](C1=O)[C@]1([NH2+][C@H]2C(C)C)C(=O)Nc2c(Cl)cccc21. The van der Waals surface area contributed by atoms with Crippen LogP contribution in [-0.2, 0) is 19.9 Å². The van der Waals surface area contributed by atoms with E-state index >= 15 is 0 Å². The van der Waals surface area contributed by atoms with Crippen LogP contribution in [0.15, 0.2) is 18.2 Å². The molecule has 3 N–H and O–H groups in total. The highest BCUT2D eigenvalue weighted by atomic mass is 35.5. The van der Waals surface area contributed by atoms with Crippen LogP contribution in [0.3, 0.4) is 0 Å². The zero-order valence-corrected chi connectivity index (χ0v) is 16.7. The molecule has 6 nitrogen and oxygen atoms in total. The summed E-state index contributed by atoms with van der Waals surface area (Å²) >= 11 is 6.31. The van der Waals surface area contributed by atoms with Crippen molar-refractivity contribution in [3.8, 4) is 0 Å². The maximum atomic E-state index is 13.4. The van der Waals surface area contributed by atoms with Crippen LogP contribution in [0.1, 0.15) is 39.7 Å². The molecule has 3 amide bonds. The maximum Gasteiger partial charge on any atom is 0.291 e. The van der Waals surface area contributed by atoms with Crippen molar-refractivity contribution < 1.29 is 19.7 Å². The van der Waals surface area contributed by atoms with E-state index in [2.05, 4.69) is 5.32 Å². The Kier molecular flexibility index (Phi) is 4.13. The quantitative estimate of drug-likeness (QED) is 0.767. The molecule has 3 aliphatic heterocycles. The molecule has 0 saturated carbocycles. The molecule has 5 atom stereocenters. The zero-order chi connectivity index (χ0) is 19.7. The maximum absolute atomic E-state index is 13.4. The van der Waals surface area contributed by atoms with E-state index in [1.807, 2.05) is 39.1 Å². The number of nitrogens with one attached hydrogen (secondary N) is 1. The molecule has 2 fully saturated rings. The van der Waals surface area contributed by atoms with Gasteiger partial charge in [0.2, 0.25) is 17.4 Å². The molecule has 1 aromatic carbocycles. The molecule has 0 radical (unpaired) electrons. The largest absolute Gasteiger partial charge is 0.326 e. The minimum Gasteiger partial charge on any atom is -0.326 e. The lowest BCUT2D eigenvalue weighted by atomic mass is 9.76. The highest BCUT2D eigenvalue weighted by molar-refractivity contribution is 6.35. The van der Waals surface area contributed by atoms with Crippen LogP contribution < -0.4 is 10.6 Å². The topological polar surface area (TPSA) is 83.1 Å². The third-order valence-electron chi connectivity index (χ3n) is 6.62. The molecule has 3 heterocycles. The van der Waals surface area contributed by atoms with Crippen molar-refractivity contribution in [2.24, 2.45) is 17.8 Å². The predicted molar refractivity (Wildman–Crippen MR) is 101 cm³/mol. The third kappa shape index (κ3) is 2.20. The highest BCUT2D eigenvalue weighted by Crippen LogP contribution is 2.51. The number of carbonyl (C=O) groups excluding carboxylic acids is 3. The van der Waals surface area contributed by atoms with Crippen LogP contribution in [0.25, 0.3) is 0 Å². The number of hydrogen-bond acceptors (Lipinski definition) is 3. The Balaban J connectivity index is 1.92. The smallest absolute Gasteiger partial charge is 0.291 e. The lowest BCUT2D eigenvalue weighted by Crippen LogP contribution is -2.99. The number of nitrogens with two attached hydrogens (primary N) is 1. The van der Waals surface area contributed by atoms with Crippen LogP contribution in [0.5, 0.6) is 0 Å². The van der Waals surface area contributed by atoms with Crippen molar-refractivity contribution in [1.29, 1.82) is 0 Å². The average molecular weight is 391 g/mol. The number of quaternary nitrogens is 1. The van der Waals surface area contributed by atoms with Gasteiger partial charge >= 0.3 is 0 Å². The lowest BCUT2D eigenvalue weighted by Gasteiger charge is -2.29. The van der Waals surface area contributed by atoms with Gasteiger partial charge in [0.25, 0.3) is 5.91 Å². The Morgan fingerprint density at radius 1 is 1.22 bits per heavy atom. The fraction of sp³-hybridized carbons (Fsp3) is 0.550. The molecule has 0 bridgehead atoms. The molecular weight excluding hydrogens is 366 g/mol. The Labute approximate surface area is 163 Å². The van der Waals surface area contributed by atoms with Crippen LogP contribution >= 0.6 is 11.6 Å². The summed E-state index contributed by atoms with van der Waals surface area (Å²) in [5, 5.41) is 5.28. The summed E-state index contributed by atoms with van der Waals surface area (Å²) in [6, 6.07) is 5.04. The number of hydrogen-bond donors (Lipinski definition) is 2. The molecule has 7 heteroatoms. The molecule has 0 aromatic heterocycles. The van der Waals surface area contributed by atoms with Crippen molar-refractivity contribution in [1.82, 2.24) is 4.90 Å². The summed E-state index contributed by atoms with van der Waals surface area (Å²) in [4.78, 5) is 41.3. The summed E-state index contributed by atoms with van der Waals surface area (Å²) in [6.07, 6.45) is 0.689. The molecule has 2 saturated heterocycles. The average Bonchev–Trinajstić information content (AvgIpc) is 3.21. The summed E-state index contributed by atoms with van der Waals surface area (Å²) in [7, 11) is 0. The van der Waals surface area contributed by atoms with Crippen molar-refractivity contribution in [2.45, 2.75) is 51.7 Å². The Morgan fingerprint density at radius 3 is 2.56 bits per heavy atom. The number of halogens is 1. The normalized spacial score (nSPS) is 33.0. The van der Waals surface area contributed by atoms with Gasteiger partial charge in [-0.05, 0) is 25.5 Å². The number of likely N-dealkylation sites (tertiary alicyclic amines) is 1. The summed E-state index contributed by atoms with van der Waals surface area (Å²) < 4.78 is 0. The number of para-hydroxylation sites is 1. The Morgan fingerprint density at radius 2 is 1.93 bits per heavy atom. The number of fused-ring (bicyclic) bond motifs is 4. The van der Waals surface area contributed by atoms with E-state index in [9.17, 15) is 14.4 Å². The Hall–Kier alpha value is -1.92. The number of nitrogens with zero attached hydrogens (tertiary/aromatic N) is 1. The second-order valence-corrected chi connectivity index (χ2v) is 8.69. The van der Waals surface area contributed by atoms with E-state index in [1.165, 1.54) is 4.90 Å². The molecular formula is C20H25ClN3O3+. The summed E-state index contributed by atoms with van der Waals surface area (Å²) in [6.45, 7) is 7.91. The first kappa shape index (κ1) is 18.4. The van der Waals surface area contributed by atoms with Gasteiger partial charge in [0.05, 0.1) is 10.7 Å². The molecule has 4 rings (SSSR count). The number of anilines is 1. The minimum absolute atomic E-state index is 0.140. The van der Waals surface area contributed by atoms with Gasteiger partial charge in [0.15, 0.2) is 0 Å². The molecule has 27 heavy (non-hydrogen) atoms. The molecule has 0 aliphatic carbocycles. The van der Waals surface area contributed by atoms with E-state index in [0.29, 0.717) is 22.7 Å². The number of imide groups is 1. The number of carbonyl (C=O) groups is 3. The number of amides is 3. The number of benzene rings is 1. The summed E-state index contributed by atoms with van der Waals surface area (Å²) in [5.74, 6) is -1.69. The number of rotatable bonds is 3. The first-order valence-electron chi connectivity index (χ1n) is 9.59. The second kappa shape index (κ2) is 6.04. The van der Waals surface area contributed by atoms with Crippen LogP contribution in [0, 0.1) is 17.8 Å². The van der Waals surface area contributed by atoms with Gasteiger partial charge in [-0.3, -0.25) is 19.3 Å². The predicted octanol–water partition coefficient (Wildman–Crippen LogP) is 1.49. The van der Waals surface area contributed by atoms with Crippen molar-refractivity contribution >= 4 is 35.0 Å². The standard InChI is InChI=1S/C20H24ClN3O3/c1-5-10(4)24-17(25)13-14(18(24)26)20(23-15(13)9(2)3)11-7-6-8-12(21)16(11)22-19(20)27/h6-10,13-15,23H,5H2,1-4H3,(H,22,27)/p+1/t10-,13+,14+,15+,20+/m1/s1. The van der Waals surface area contributed by atoms with Crippen LogP contribution in [-0.4, -0.2) is 34.7 Å². The van der Waals surface area contributed by atoms with Gasteiger partial charge in [-0.2, -0.15) is 0 Å². The first-order chi connectivity index (χ1) is 12.8. The van der Waals surface area contributed by atoms with E-state index in [-0.39, 0.29) is 35.7 Å². The van der Waals surface area contributed by atoms with E-state index < -0.39 is 17.4 Å². The van der Waals surface area contributed by atoms with Crippen molar-refractivity contribution in [3.05, 3.63) is 28.8 Å². The van der Waals surface area contributed by atoms with Gasteiger partial charge in [-0.1, -0.05) is 38.4 Å². The molecule has 3 aliphatic rings. The lowest BCUT2D eigenvalue weighted by molar-refractivity contribution is -0.738. The third-order valence-corrected chi connectivity index (χ3v) is 6.94. The van der Waals surface area contributed by atoms with Gasteiger partial charge in [-0.25, -0.2) is 0 Å². The van der Waals surface area contributed by atoms with Crippen LogP contribution in [0.4, 0.5) is 5.69 Å². The highest BCUT2D eigenvalue weighted by Gasteiger charge is 2.74. The van der Waals surface area contributed by atoms with Gasteiger partial charge < -0.3 is 10.6 Å². The summed E-state index contributed by atoms with van der Waals surface area (Å²) in [5.41, 5.74) is 0.144. The van der Waals surface area contributed by atoms with E-state index in [4.69, 9.17) is 11.6 Å². The van der Waals surface area contributed by atoms with E-state index in [0.717, 1.165) is 0 Å². The monoisotopic (exact) mass is 390 g/mol. The van der Waals surface area contributed by atoms with Crippen LogP contribution in [0.2, 0.25) is 5.02 Å². The molecule has 0 unspecified atom stereocenters.